The summed E-state index contributed by atoms with van der Waals surface area (Å²) < 4.78 is 0. The van der Waals surface area contributed by atoms with E-state index >= 15 is 0 Å². The number of hydrogen-bond donors (Lipinski definition) is 2. The largest absolute Gasteiger partial charge is 0.393 e. The number of hydrogen-bond acceptors (Lipinski definition) is 2. The zero-order valence-corrected chi connectivity index (χ0v) is 19.6. The Balaban J connectivity index is 1.33. The van der Waals surface area contributed by atoms with Crippen molar-refractivity contribution in [1.29, 1.82) is 0 Å². The monoisotopic (exact) mass is 412 g/mol. The lowest BCUT2D eigenvalue weighted by Crippen LogP contribution is -2.55. The van der Waals surface area contributed by atoms with Gasteiger partial charge >= 0.3 is 0 Å². The summed E-state index contributed by atoms with van der Waals surface area (Å²) in [4.78, 5) is 0. The first-order chi connectivity index (χ1) is 14.2. The maximum absolute atomic E-state index is 11.7. The molecule has 9 atom stereocenters. The van der Waals surface area contributed by atoms with Gasteiger partial charge in [0, 0.05) is 0 Å². The number of aliphatic hydroxyl groups is 2. The molecule has 0 bridgehead atoms. The Bertz CT molecular complexity index is 720. The second kappa shape index (κ2) is 7.48. The number of fused-ring (bicyclic) bond motifs is 5. The van der Waals surface area contributed by atoms with E-state index in [0.29, 0.717) is 16.7 Å². The van der Waals surface area contributed by atoms with Crippen molar-refractivity contribution in [2.45, 2.75) is 110 Å². The molecule has 4 saturated carbocycles. The molecule has 0 radical (unpaired) electrons. The highest BCUT2D eigenvalue weighted by molar-refractivity contribution is 5.26. The van der Waals surface area contributed by atoms with Gasteiger partial charge in [-0.15, -0.1) is 0 Å². The van der Waals surface area contributed by atoms with Gasteiger partial charge in [0.15, 0.2) is 0 Å². The van der Waals surface area contributed by atoms with Crippen LogP contribution < -0.4 is 0 Å². The van der Waals surface area contributed by atoms with Crippen LogP contribution in [0.15, 0.2) is 23.8 Å². The lowest BCUT2D eigenvalue weighted by Gasteiger charge is -2.61. The molecular weight excluding hydrogens is 368 g/mol. The molecule has 2 heteroatoms. The first kappa shape index (κ1) is 21.3. The maximum atomic E-state index is 11.7. The molecule has 0 aromatic heterocycles. The highest BCUT2D eigenvalue weighted by atomic mass is 16.3. The number of allylic oxidation sites excluding steroid dienone is 4. The predicted molar refractivity (Wildman–Crippen MR) is 123 cm³/mol. The Hall–Kier alpha value is -0.600. The molecule has 0 amide bonds. The Kier molecular flexibility index (Phi) is 5.30. The highest BCUT2D eigenvalue weighted by Gasteiger charge is 2.62. The molecule has 168 valence electrons. The molecule has 0 heterocycles. The van der Waals surface area contributed by atoms with E-state index in [1.165, 1.54) is 50.5 Å². The quantitative estimate of drug-likeness (QED) is 0.559. The van der Waals surface area contributed by atoms with E-state index in [1.807, 2.05) is 0 Å². The third-order valence-corrected chi connectivity index (χ3v) is 11.2. The minimum Gasteiger partial charge on any atom is -0.393 e. The molecule has 0 spiro atoms. The van der Waals surface area contributed by atoms with Crippen LogP contribution in [0.4, 0.5) is 0 Å². The summed E-state index contributed by atoms with van der Waals surface area (Å²) in [6, 6.07) is 0. The van der Waals surface area contributed by atoms with E-state index in [0.717, 1.165) is 55.8 Å². The van der Waals surface area contributed by atoms with Crippen molar-refractivity contribution < 1.29 is 10.2 Å². The van der Waals surface area contributed by atoms with Crippen LogP contribution in [-0.4, -0.2) is 21.9 Å². The zero-order chi connectivity index (χ0) is 21.1. The predicted octanol–water partition coefficient (Wildman–Crippen LogP) is 6.42. The second-order valence-corrected chi connectivity index (χ2v) is 12.5. The molecule has 2 N–H and O–H groups in total. The molecular formula is C28H44O2. The van der Waals surface area contributed by atoms with E-state index in [4.69, 9.17) is 0 Å². The molecule has 0 aromatic rings. The summed E-state index contributed by atoms with van der Waals surface area (Å²) in [5, 5.41) is 21.9. The van der Waals surface area contributed by atoms with Gasteiger partial charge in [0.25, 0.3) is 0 Å². The summed E-state index contributed by atoms with van der Waals surface area (Å²) >= 11 is 0. The van der Waals surface area contributed by atoms with Crippen molar-refractivity contribution in [3.05, 3.63) is 23.8 Å². The average Bonchev–Trinajstić information content (AvgIpc) is 3.34. The van der Waals surface area contributed by atoms with Crippen LogP contribution in [0.2, 0.25) is 0 Å². The van der Waals surface area contributed by atoms with Gasteiger partial charge in [0.1, 0.15) is 0 Å². The lowest BCUT2D eigenvalue weighted by molar-refractivity contribution is -0.144. The van der Waals surface area contributed by atoms with E-state index in [-0.39, 0.29) is 6.10 Å². The summed E-state index contributed by atoms with van der Waals surface area (Å²) in [5.74, 6) is 3.67. The standard InChI is InChI=1S/C28H44O2/c1-26-15-13-21(29)18-20(26)8-9-22-23-10-11-25(27(23,2)16-14-24(22)26)28(3,30)17-12-19-6-4-5-7-19/h4,6-7,20-25,29-30H,5,8-18H2,1-3H3/t20?,21-,22-,23-,24-,25-,26-,27-,28+/m0/s1. The van der Waals surface area contributed by atoms with E-state index in [9.17, 15) is 10.2 Å². The van der Waals surface area contributed by atoms with Gasteiger partial charge in [-0.1, -0.05) is 37.6 Å². The third kappa shape index (κ3) is 3.27. The molecule has 30 heavy (non-hydrogen) atoms. The third-order valence-electron chi connectivity index (χ3n) is 11.2. The van der Waals surface area contributed by atoms with Gasteiger partial charge in [0.2, 0.25) is 0 Å². The average molecular weight is 413 g/mol. The summed E-state index contributed by atoms with van der Waals surface area (Å²) in [5.41, 5.74) is 1.63. The molecule has 5 aliphatic carbocycles. The molecule has 0 aromatic carbocycles. The SMILES string of the molecule is C[C@]12CC[C@H]3[C@@H](CCC4C[C@@H](O)CC[C@@]43C)[C@@H]1CC[C@@H]2[C@](C)(O)CCC1=CCC=C1. The van der Waals surface area contributed by atoms with Crippen molar-refractivity contribution in [2.75, 3.05) is 0 Å². The van der Waals surface area contributed by atoms with Crippen LogP contribution in [-0.2, 0) is 0 Å². The summed E-state index contributed by atoms with van der Waals surface area (Å²) in [6.07, 6.45) is 20.9. The Morgan fingerprint density at radius 2 is 1.77 bits per heavy atom. The second-order valence-electron chi connectivity index (χ2n) is 12.5. The van der Waals surface area contributed by atoms with Crippen LogP contribution in [0.3, 0.4) is 0 Å². The van der Waals surface area contributed by atoms with Gasteiger partial charge in [-0.25, -0.2) is 0 Å². The number of aliphatic hydroxyl groups excluding tert-OH is 1. The first-order valence-corrected chi connectivity index (χ1v) is 13.0. The van der Waals surface area contributed by atoms with Gasteiger partial charge in [-0.05, 0) is 124 Å². The smallest absolute Gasteiger partial charge is 0.0656 e. The minimum absolute atomic E-state index is 0.0516. The van der Waals surface area contributed by atoms with Crippen molar-refractivity contribution in [1.82, 2.24) is 0 Å². The van der Waals surface area contributed by atoms with Crippen LogP contribution in [0.5, 0.6) is 0 Å². The minimum atomic E-state index is -0.552. The number of rotatable bonds is 4. The van der Waals surface area contributed by atoms with Gasteiger partial charge in [-0.3, -0.25) is 0 Å². The first-order valence-electron chi connectivity index (χ1n) is 13.0. The molecule has 0 saturated heterocycles. The van der Waals surface area contributed by atoms with Crippen molar-refractivity contribution in [3.8, 4) is 0 Å². The molecule has 5 aliphatic rings. The topological polar surface area (TPSA) is 40.5 Å². The van der Waals surface area contributed by atoms with Gasteiger partial charge < -0.3 is 10.2 Å². The lowest BCUT2D eigenvalue weighted by atomic mass is 9.44. The maximum Gasteiger partial charge on any atom is 0.0656 e. The Morgan fingerprint density at radius 3 is 2.53 bits per heavy atom. The highest BCUT2D eigenvalue weighted by Crippen LogP contribution is 2.68. The van der Waals surface area contributed by atoms with Crippen molar-refractivity contribution >= 4 is 0 Å². The van der Waals surface area contributed by atoms with Gasteiger partial charge in [0.05, 0.1) is 11.7 Å². The molecule has 1 unspecified atom stereocenters. The molecule has 5 rings (SSSR count). The zero-order valence-electron chi connectivity index (χ0n) is 19.6. The van der Waals surface area contributed by atoms with Crippen LogP contribution in [0, 0.1) is 40.4 Å². The Labute approximate surface area is 184 Å². The van der Waals surface area contributed by atoms with Crippen molar-refractivity contribution in [3.63, 3.8) is 0 Å². The van der Waals surface area contributed by atoms with Gasteiger partial charge in [-0.2, -0.15) is 0 Å². The van der Waals surface area contributed by atoms with E-state index < -0.39 is 5.60 Å². The van der Waals surface area contributed by atoms with Crippen LogP contribution in [0.1, 0.15) is 97.8 Å². The van der Waals surface area contributed by atoms with E-state index in [2.05, 4.69) is 39.0 Å². The fourth-order valence-corrected chi connectivity index (χ4v) is 9.52. The molecule has 2 nitrogen and oxygen atoms in total. The summed E-state index contributed by atoms with van der Waals surface area (Å²) in [6.45, 7) is 7.28. The van der Waals surface area contributed by atoms with E-state index in [1.54, 1.807) is 0 Å². The fourth-order valence-electron chi connectivity index (χ4n) is 9.52. The normalized spacial score (nSPS) is 49.7. The van der Waals surface area contributed by atoms with Crippen LogP contribution >= 0.6 is 0 Å². The van der Waals surface area contributed by atoms with Crippen molar-refractivity contribution in [2.24, 2.45) is 40.4 Å². The summed E-state index contributed by atoms with van der Waals surface area (Å²) in [7, 11) is 0. The molecule has 0 aliphatic heterocycles. The van der Waals surface area contributed by atoms with Crippen LogP contribution in [0.25, 0.3) is 0 Å². The fraction of sp³-hybridized carbons (Fsp3) is 0.857. The molecule has 4 fully saturated rings. The Morgan fingerprint density at radius 1 is 1.00 bits per heavy atom.